The van der Waals surface area contributed by atoms with Crippen molar-refractivity contribution in [1.29, 1.82) is 0 Å². The highest BCUT2D eigenvalue weighted by Crippen LogP contribution is 2.73. The Morgan fingerprint density at radius 2 is 1.68 bits per heavy atom. The average Bonchev–Trinajstić information content (AvgIpc) is 2.67. The number of hydrogen-bond acceptors (Lipinski definition) is 3. The smallest absolute Gasteiger partial charge is 0.326 e. The van der Waals surface area contributed by atoms with E-state index in [1.54, 1.807) is 18.2 Å². The maximum Gasteiger partial charge on any atom is 0.344 e. The van der Waals surface area contributed by atoms with E-state index in [4.69, 9.17) is 5.73 Å². The molecule has 1 aliphatic rings. The largest absolute Gasteiger partial charge is 0.344 e. The van der Waals surface area contributed by atoms with Crippen molar-refractivity contribution in [2.75, 3.05) is 0 Å². The Hall–Kier alpha value is -0.520. The molecule has 0 radical (unpaired) electrons. The quantitative estimate of drug-likeness (QED) is 0.505. The Bertz CT molecular complexity index is 582. The number of rotatable bonds is 3. The zero-order chi connectivity index (χ0) is 14.5. The third-order valence-corrected chi connectivity index (χ3v) is 7.97. The fourth-order valence-corrected chi connectivity index (χ4v) is 5.34. The van der Waals surface area contributed by atoms with Gasteiger partial charge in [-0.25, -0.2) is 0 Å². The Morgan fingerprint density at radius 3 is 2.16 bits per heavy atom. The maximum absolute atomic E-state index is 11.6. The van der Waals surface area contributed by atoms with Gasteiger partial charge in [-0.15, -0.1) is 0 Å². The van der Waals surface area contributed by atoms with Gasteiger partial charge in [0.25, 0.3) is 0 Å². The van der Waals surface area contributed by atoms with Crippen LogP contribution in [0.1, 0.15) is 16.7 Å². The van der Waals surface area contributed by atoms with Gasteiger partial charge in [-0.2, -0.15) is 0 Å². The first-order valence-corrected chi connectivity index (χ1v) is 8.76. The van der Waals surface area contributed by atoms with E-state index in [1.807, 2.05) is 0 Å². The molecule has 0 amide bonds. The monoisotopic (exact) mass is 307 g/mol. The van der Waals surface area contributed by atoms with Crippen molar-refractivity contribution in [2.45, 2.75) is 24.3 Å². The predicted octanol–water partition coefficient (Wildman–Crippen LogP) is 0.296. The number of nitrogens with two attached hydrogens (primary N) is 1. The zero-order valence-corrected chi connectivity index (χ0v) is 11.7. The van der Waals surface area contributed by atoms with Gasteiger partial charge in [0, 0.05) is 19.4 Å². The van der Waals surface area contributed by atoms with Crippen LogP contribution < -0.4 is 5.73 Å². The van der Waals surface area contributed by atoms with Crippen LogP contribution in [0.5, 0.6) is 0 Å². The van der Waals surface area contributed by atoms with Gasteiger partial charge in [-0.3, -0.25) is 9.13 Å². The Balaban J connectivity index is 2.62. The molecule has 2 rings (SSSR count). The van der Waals surface area contributed by atoms with Gasteiger partial charge >= 0.3 is 15.2 Å². The maximum atomic E-state index is 11.6. The molecule has 1 aliphatic carbocycles. The van der Waals surface area contributed by atoms with E-state index >= 15 is 0 Å². The van der Waals surface area contributed by atoms with Crippen LogP contribution in [0, 0.1) is 0 Å². The number of benzene rings is 1. The molecule has 1 aromatic rings. The average molecular weight is 307 g/mol. The molecule has 0 aromatic heterocycles. The molecule has 19 heavy (non-hydrogen) atoms. The Morgan fingerprint density at radius 1 is 1.11 bits per heavy atom. The molecule has 0 unspecified atom stereocenters. The second-order valence-electron chi connectivity index (χ2n) is 4.68. The molecule has 0 saturated heterocycles. The highest BCUT2D eigenvalue weighted by molar-refractivity contribution is 7.72. The van der Waals surface area contributed by atoms with Crippen molar-refractivity contribution in [3.8, 4) is 0 Å². The second-order valence-corrected chi connectivity index (χ2v) is 8.92. The third-order valence-electron chi connectivity index (χ3n) is 3.61. The van der Waals surface area contributed by atoms with Crippen LogP contribution in [0.3, 0.4) is 0 Å². The van der Waals surface area contributed by atoms with Crippen LogP contribution >= 0.6 is 15.2 Å². The first kappa shape index (κ1) is 14.9. The van der Waals surface area contributed by atoms with E-state index in [0.717, 1.165) is 0 Å². The van der Waals surface area contributed by atoms with Gasteiger partial charge in [-0.05, 0) is 16.7 Å². The molecular weight excluding hydrogens is 292 g/mol. The molecule has 7 nitrogen and oxygen atoms in total. The lowest BCUT2D eigenvalue weighted by Gasteiger charge is -2.30. The first-order chi connectivity index (χ1) is 8.62. The minimum absolute atomic E-state index is 0.154. The molecule has 0 fully saturated rings. The molecule has 6 N–H and O–H groups in total. The van der Waals surface area contributed by atoms with Gasteiger partial charge in [0.2, 0.25) is 0 Å². The van der Waals surface area contributed by atoms with Crippen molar-refractivity contribution >= 4 is 15.2 Å². The summed E-state index contributed by atoms with van der Waals surface area (Å²) >= 11 is 0. The van der Waals surface area contributed by atoms with Crippen molar-refractivity contribution in [3.05, 3.63) is 34.9 Å². The van der Waals surface area contributed by atoms with E-state index in [1.165, 1.54) is 0 Å². The summed E-state index contributed by atoms with van der Waals surface area (Å²) in [5, 5.41) is 0. The second kappa shape index (κ2) is 4.50. The van der Waals surface area contributed by atoms with Crippen LogP contribution in [0.2, 0.25) is 0 Å². The standard InChI is InChI=1S/C10H15NO6P2/c11-6-8-3-1-2-7-4-10(5-9(7)8,18(12,13)14)19(15,16)17/h1-3H,4-6,11H2,(H2,12,13,14)(H2,15,16,17). The van der Waals surface area contributed by atoms with Crippen molar-refractivity contribution in [2.24, 2.45) is 5.73 Å². The molecule has 0 aliphatic heterocycles. The SMILES string of the molecule is NCc1cccc2c1CC(P(=O)(O)O)(P(=O)(O)O)C2. The molecule has 9 heteroatoms. The summed E-state index contributed by atoms with van der Waals surface area (Å²) in [4.78, 5) is 35.4. The van der Waals surface area contributed by atoms with Gasteiger partial charge in [-0.1, -0.05) is 18.2 Å². The summed E-state index contributed by atoms with van der Waals surface area (Å²) in [7, 11) is -9.97. The van der Waals surface area contributed by atoms with Crippen LogP contribution in [0.15, 0.2) is 18.2 Å². The predicted molar refractivity (Wildman–Crippen MR) is 68.6 cm³/mol. The highest BCUT2D eigenvalue weighted by Gasteiger charge is 2.62. The summed E-state index contributed by atoms with van der Waals surface area (Å²) < 4.78 is 23.3. The van der Waals surface area contributed by atoms with Gasteiger partial charge in [0.1, 0.15) is 0 Å². The topological polar surface area (TPSA) is 141 Å². The summed E-state index contributed by atoms with van der Waals surface area (Å²) in [6, 6.07) is 4.96. The van der Waals surface area contributed by atoms with Crippen LogP contribution in [-0.2, 0) is 28.5 Å². The molecule has 106 valence electrons. The van der Waals surface area contributed by atoms with Gasteiger partial charge < -0.3 is 25.3 Å². The van der Waals surface area contributed by atoms with E-state index in [-0.39, 0.29) is 19.4 Å². The van der Waals surface area contributed by atoms with Crippen molar-refractivity contribution in [1.82, 2.24) is 0 Å². The molecule has 0 spiro atoms. The lowest BCUT2D eigenvalue weighted by molar-refractivity contribution is 0.309. The van der Waals surface area contributed by atoms with Crippen LogP contribution in [0.4, 0.5) is 0 Å². The lowest BCUT2D eigenvalue weighted by atomic mass is 10.0. The summed E-state index contributed by atoms with van der Waals surface area (Å²) in [6.45, 7) is 0.154. The fraction of sp³-hybridized carbons (Fsp3) is 0.400. The Labute approximate surface area is 109 Å². The molecular formula is C10H15NO6P2. The van der Waals surface area contributed by atoms with Crippen molar-refractivity contribution < 1.29 is 28.7 Å². The van der Waals surface area contributed by atoms with Crippen LogP contribution in [0.25, 0.3) is 0 Å². The zero-order valence-electron chi connectivity index (χ0n) is 9.93. The summed E-state index contributed by atoms with van der Waals surface area (Å²) in [5.74, 6) is 0. The fourth-order valence-electron chi connectivity index (χ4n) is 2.50. The molecule has 0 heterocycles. The molecule has 0 atom stereocenters. The van der Waals surface area contributed by atoms with E-state index in [9.17, 15) is 28.7 Å². The van der Waals surface area contributed by atoms with E-state index < -0.39 is 20.1 Å². The summed E-state index contributed by atoms with van der Waals surface area (Å²) in [6.07, 6.45) is -0.699. The Kier molecular flexibility index (Phi) is 3.52. The van der Waals surface area contributed by atoms with Gasteiger partial charge in [0.05, 0.1) is 0 Å². The molecule has 0 bridgehead atoms. The first-order valence-electron chi connectivity index (χ1n) is 5.53. The normalized spacial score (nSPS) is 18.4. The molecule has 1 aromatic carbocycles. The van der Waals surface area contributed by atoms with E-state index in [2.05, 4.69) is 0 Å². The highest BCUT2D eigenvalue weighted by atomic mass is 31.2. The summed E-state index contributed by atoms with van der Waals surface area (Å²) in [5.41, 5.74) is 7.27. The van der Waals surface area contributed by atoms with Crippen molar-refractivity contribution in [3.63, 3.8) is 0 Å². The molecule has 0 saturated carbocycles. The number of fused-ring (bicyclic) bond motifs is 1. The minimum Gasteiger partial charge on any atom is -0.326 e. The van der Waals surface area contributed by atoms with E-state index in [0.29, 0.717) is 16.7 Å². The number of hydrogen-bond donors (Lipinski definition) is 5. The lowest BCUT2D eigenvalue weighted by Crippen LogP contribution is -2.29. The third kappa shape index (κ3) is 2.22. The van der Waals surface area contributed by atoms with Gasteiger partial charge in [0.15, 0.2) is 4.90 Å². The minimum atomic E-state index is -4.98. The van der Waals surface area contributed by atoms with Crippen LogP contribution in [-0.4, -0.2) is 24.5 Å².